The van der Waals surface area contributed by atoms with E-state index in [0.29, 0.717) is 19.6 Å². The number of hydrogen-bond acceptors (Lipinski definition) is 3. The topological polar surface area (TPSA) is 52.7 Å². The summed E-state index contributed by atoms with van der Waals surface area (Å²) in [4.78, 5) is 33.2. The van der Waals surface area contributed by atoms with Crippen LogP contribution in [0.3, 0.4) is 0 Å². The number of hydrogen-bond donors (Lipinski definition) is 1. The van der Waals surface area contributed by atoms with Crippen molar-refractivity contribution in [2.45, 2.75) is 77.4 Å². The molecule has 5 nitrogen and oxygen atoms in total. The second-order valence-electron chi connectivity index (χ2n) is 11.3. The Labute approximate surface area is 213 Å². The Morgan fingerprint density at radius 3 is 2.17 bits per heavy atom. The van der Waals surface area contributed by atoms with E-state index < -0.39 is 0 Å². The maximum atomic E-state index is 13.6. The van der Waals surface area contributed by atoms with Gasteiger partial charge in [-0.25, -0.2) is 4.79 Å². The molecule has 188 valence electrons. The Morgan fingerprint density at radius 1 is 0.943 bits per heavy atom. The van der Waals surface area contributed by atoms with Gasteiger partial charge in [0.05, 0.1) is 6.54 Å². The molecule has 1 aromatic carbocycles. The van der Waals surface area contributed by atoms with Crippen molar-refractivity contribution >= 4 is 23.3 Å². The fourth-order valence-corrected chi connectivity index (χ4v) is 8.06. The maximum absolute atomic E-state index is 13.6. The number of carbonyl (C=O) groups is 2. The van der Waals surface area contributed by atoms with Crippen molar-refractivity contribution < 1.29 is 9.59 Å². The van der Waals surface area contributed by atoms with Crippen molar-refractivity contribution in [3.8, 4) is 0 Å². The van der Waals surface area contributed by atoms with Crippen LogP contribution in [0.2, 0.25) is 0 Å². The monoisotopic (exact) mass is 493 g/mol. The van der Waals surface area contributed by atoms with Gasteiger partial charge in [-0.05, 0) is 87.3 Å². The van der Waals surface area contributed by atoms with Crippen LogP contribution in [0.25, 0.3) is 0 Å². The van der Waals surface area contributed by atoms with Crippen LogP contribution in [-0.2, 0) is 17.9 Å². The zero-order valence-electron chi connectivity index (χ0n) is 21.2. The van der Waals surface area contributed by atoms with Crippen LogP contribution in [0, 0.1) is 24.7 Å². The lowest BCUT2D eigenvalue weighted by Gasteiger charge is -2.57. The molecule has 4 aliphatic rings. The average molecular weight is 494 g/mol. The summed E-state index contributed by atoms with van der Waals surface area (Å²) in [6.45, 7) is 6.02. The van der Waals surface area contributed by atoms with Gasteiger partial charge in [0.15, 0.2) is 0 Å². The number of aryl methyl sites for hydroxylation is 1. The van der Waals surface area contributed by atoms with E-state index in [-0.39, 0.29) is 24.0 Å². The number of nitrogens with one attached hydrogen (secondary N) is 1. The lowest BCUT2D eigenvalue weighted by atomic mass is 9.53. The van der Waals surface area contributed by atoms with E-state index in [4.69, 9.17) is 0 Å². The lowest BCUT2D eigenvalue weighted by Crippen LogP contribution is -2.62. The molecule has 3 amide bonds. The minimum atomic E-state index is -0.0474. The largest absolute Gasteiger partial charge is 0.333 e. The average Bonchev–Trinajstić information content (AvgIpc) is 3.22. The second kappa shape index (κ2) is 10.3. The summed E-state index contributed by atoms with van der Waals surface area (Å²) in [6, 6.07) is 14.3. The highest BCUT2D eigenvalue weighted by atomic mass is 32.1. The van der Waals surface area contributed by atoms with Crippen LogP contribution in [-0.4, -0.2) is 40.4 Å². The maximum Gasteiger partial charge on any atom is 0.318 e. The molecule has 6 rings (SSSR count). The van der Waals surface area contributed by atoms with Crippen LogP contribution in [0.5, 0.6) is 0 Å². The zero-order valence-corrected chi connectivity index (χ0v) is 22.0. The van der Waals surface area contributed by atoms with Crippen LogP contribution >= 0.6 is 11.3 Å². The van der Waals surface area contributed by atoms with E-state index in [9.17, 15) is 9.59 Å². The van der Waals surface area contributed by atoms with Crippen LogP contribution in [0.1, 0.15) is 67.2 Å². The van der Waals surface area contributed by atoms with E-state index in [0.717, 1.165) is 49.0 Å². The molecule has 0 radical (unpaired) electrons. The van der Waals surface area contributed by atoms with E-state index in [1.54, 1.807) is 16.2 Å². The molecule has 6 heteroatoms. The minimum Gasteiger partial charge on any atom is -0.333 e. The van der Waals surface area contributed by atoms with Crippen molar-refractivity contribution in [2.75, 3.05) is 13.1 Å². The Bertz CT molecular complexity index is 998. The quantitative estimate of drug-likeness (QED) is 0.467. The summed E-state index contributed by atoms with van der Waals surface area (Å²) in [7, 11) is 0. The number of urea groups is 1. The number of thiophene rings is 1. The van der Waals surface area contributed by atoms with Gasteiger partial charge in [-0.15, -0.1) is 11.3 Å². The first kappa shape index (κ1) is 24.4. The third kappa shape index (κ3) is 5.74. The molecule has 1 aromatic heterocycles. The molecule has 1 heterocycles. The third-order valence-electron chi connectivity index (χ3n) is 8.23. The lowest BCUT2D eigenvalue weighted by molar-refractivity contribution is -0.133. The predicted molar refractivity (Wildman–Crippen MR) is 141 cm³/mol. The molecule has 1 N–H and O–H groups in total. The number of nitrogens with zero attached hydrogens (tertiary/aromatic N) is 2. The van der Waals surface area contributed by atoms with Crippen LogP contribution in [0.4, 0.5) is 4.79 Å². The van der Waals surface area contributed by atoms with Gasteiger partial charge < -0.3 is 15.1 Å². The molecule has 4 bridgehead atoms. The fourth-order valence-electron chi connectivity index (χ4n) is 7.15. The number of amides is 3. The van der Waals surface area contributed by atoms with Crippen molar-refractivity contribution in [1.29, 1.82) is 0 Å². The molecule has 0 spiro atoms. The van der Waals surface area contributed by atoms with Gasteiger partial charge >= 0.3 is 6.03 Å². The van der Waals surface area contributed by atoms with Gasteiger partial charge in [-0.2, -0.15) is 0 Å². The molecule has 0 saturated heterocycles. The molecular formula is C29H39N3O2S. The Balaban J connectivity index is 1.28. The zero-order chi connectivity index (χ0) is 24.4. The summed E-state index contributed by atoms with van der Waals surface area (Å²) < 4.78 is 0. The number of rotatable bonds is 9. The standard InChI is InChI=1S/C29H39N3O2S/c1-3-11-31(28(34)30-29-15-23-12-24(16-29)14-25(13-23)17-29)20-27(33)32(18-22-7-5-4-6-8-22)19-26-10-9-21(2)35-26/h4-10,23-25H,3,11-20H2,1-2H3,(H,30,34). The van der Waals surface area contributed by atoms with Crippen molar-refractivity contribution in [2.24, 2.45) is 17.8 Å². The molecule has 2 aromatic rings. The van der Waals surface area contributed by atoms with Crippen molar-refractivity contribution in [1.82, 2.24) is 15.1 Å². The summed E-state index contributed by atoms with van der Waals surface area (Å²) in [5.41, 5.74) is 1.06. The van der Waals surface area contributed by atoms with Crippen LogP contribution in [0.15, 0.2) is 42.5 Å². The van der Waals surface area contributed by atoms with Crippen molar-refractivity contribution in [3.63, 3.8) is 0 Å². The third-order valence-corrected chi connectivity index (χ3v) is 9.21. The Kier molecular flexibility index (Phi) is 7.19. The Morgan fingerprint density at radius 2 is 1.60 bits per heavy atom. The van der Waals surface area contributed by atoms with E-state index in [1.165, 1.54) is 29.0 Å². The highest BCUT2D eigenvalue weighted by Crippen LogP contribution is 2.55. The highest BCUT2D eigenvalue weighted by Gasteiger charge is 2.51. The first-order valence-corrected chi connectivity index (χ1v) is 14.2. The smallest absolute Gasteiger partial charge is 0.318 e. The molecule has 4 aliphatic carbocycles. The first-order valence-electron chi connectivity index (χ1n) is 13.4. The molecule has 0 atom stereocenters. The predicted octanol–water partition coefficient (Wildman–Crippen LogP) is 5.98. The molecule has 4 fully saturated rings. The van der Waals surface area contributed by atoms with Gasteiger partial charge in [0.2, 0.25) is 5.91 Å². The van der Waals surface area contributed by atoms with E-state index in [2.05, 4.69) is 43.4 Å². The van der Waals surface area contributed by atoms with Gasteiger partial charge in [0, 0.05) is 28.4 Å². The summed E-state index contributed by atoms with van der Waals surface area (Å²) in [5, 5.41) is 3.47. The van der Waals surface area contributed by atoms with Gasteiger partial charge in [-0.3, -0.25) is 4.79 Å². The van der Waals surface area contributed by atoms with Gasteiger partial charge in [-0.1, -0.05) is 37.3 Å². The molecule has 0 aliphatic heterocycles. The molecular weight excluding hydrogens is 454 g/mol. The van der Waals surface area contributed by atoms with E-state index >= 15 is 0 Å². The first-order chi connectivity index (χ1) is 16.9. The summed E-state index contributed by atoms with van der Waals surface area (Å²) >= 11 is 1.73. The highest BCUT2D eigenvalue weighted by molar-refractivity contribution is 7.11. The van der Waals surface area contributed by atoms with Gasteiger partial charge in [0.25, 0.3) is 0 Å². The molecule has 35 heavy (non-hydrogen) atoms. The van der Waals surface area contributed by atoms with Gasteiger partial charge in [0.1, 0.15) is 6.54 Å². The summed E-state index contributed by atoms with van der Waals surface area (Å²) in [5.74, 6) is 2.34. The second-order valence-corrected chi connectivity index (χ2v) is 12.7. The SMILES string of the molecule is CCCN(CC(=O)N(Cc1ccccc1)Cc1ccc(C)s1)C(=O)NC12CC3CC(CC(C3)C1)C2. The molecule has 4 saturated carbocycles. The van der Waals surface area contributed by atoms with E-state index in [1.807, 2.05) is 23.1 Å². The van der Waals surface area contributed by atoms with Crippen LogP contribution < -0.4 is 5.32 Å². The minimum absolute atomic E-state index is 0.00835. The Hall–Kier alpha value is -2.34. The fraction of sp³-hybridized carbons (Fsp3) is 0.586. The summed E-state index contributed by atoms with van der Waals surface area (Å²) in [6.07, 6.45) is 8.25. The molecule has 0 unspecified atom stereocenters. The normalized spacial score (nSPS) is 26.5. The number of benzene rings is 1. The van der Waals surface area contributed by atoms with Crippen molar-refractivity contribution in [3.05, 3.63) is 57.8 Å². The number of carbonyl (C=O) groups excluding carboxylic acids is 2.